The molecule has 0 aliphatic carbocycles. The van der Waals surface area contributed by atoms with E-state index >= 15 is 0 Å². The second kappa shape index (κ2) is 8.19. The Bertz CT molecular complexity index is 1020. The van der Waals surface area contributed by atoms with Crippen molar-refractivity contribution in [2.75, 3.05) is 7.11 Å². The number of nitrogens with zero attached hydrogens (tertiary/aromatic N) is 3. The van der Waals surface area contributed by atoms with Gasteiger partial charge in [-0.1, -0.05) is 11.8 Å². The van der Waals surface area contributed by atoms with Gasteiger partial charge < -0.3 is 9.84 Å². The van der Waals surface area contributed by atoms with Gasteiger partial charge in [0.25, 0.3) is 11.6 Å². The summed E-state index contributed by atoms with van der Waals surface area (Å²) in [5.41, 5.74) is 0.695. The molecular formula is C18H13N3O5S2. The van der Waals surface area contributed by atoms with Crippen LogP contribution in [-0.4, -0.2) is 38.6 Å². The maximum atomic E-state index is 12.6. The number of phenolic OH excluding ortho intramolecular Hbond substituents is 1. The molecule has 0 atom stereocenters. The minimum atomic E-state index is -0.582. The zero-order valence-corrected chi connectivity index (χ0v) is 16.1. The van der Waals surface area contributed by atoms with Crippen molar-refractivity contribution in [2.24, 2.45) is 5.10 Å². The number of rotatable bonds is 5. The number of carbonyl (C=O) groups is 1. The topological polar surface area (TPSA) is 105 Å². The number of methoxy groups -OCH3 is 1. The van der Waals surface area contributed by atoms with Crippen molar-refractivity contribution in [3.8, 4) is 11.5 Å². The van der Waals surface area contributed by atoms with Crippen LogP contribution in [0.15, 0.2) is 52.5 Å². The number of aromatic hydroxyl groups is 1. The molecule has 0 aromatic heterocycles. The van der Waals surface area contributed by atoms with Crippen molar-refractivity contribution >= 4 is 52.2 Å². The zero-order chi connectivity index (χ0) is 20.3. The van der Waals surface area contributed by atoms with Crippen LogP contribution in [-0.2, 0) is 4.79 Å². The maximum absolute atomic E-state index is 12.6. The number of non-ortho nitro benzene ring substituents is 1. The lowest BCUT2D eigenvalue weighted by atomic mass is 10.1. The van der Waals surface area contributed by atoms with E-state index in [-0.39, 0.29) is 26.2 Å². The maximum Gasteiger partial charge on any atom is 0.286 e. The van der Waals surface area contributed by atoms with Gasteiger partial charge in [-0.25, -0.2) is 0 Å². The number of phenols is 1. The highest BCUT2D eigenvalue weighted by Gasteiger charge is 2.32. The Kier molecular flexibility index (Phi) is 5.71. The first-order valence-electron chi connectivity index (χ1n) is 7.82. The fourth-order valence-electron chi connectivity index (χ4n) is 2.29. The van der Waals surface area contributed by atoms with Gasteiger partial charge in [-0.05, 0) is 54.2 Å². The second-order valence-electron chi connectivity index (χ2n) is 5.51. The molecular weight excluding hydrogens is 402 g/mol. The molecule has 0 bridgehead atoms. The molecule has 8 nitrogen and oxygen atoms in total. The van der Waals surface area contributed by atoms with Crippen LogP contribution in [0.4, 0.5) is 5.69 Å². The second-order valence-corrected chi connectivity index (χ2v) is 7.19. The molecule has 28 heavy (non-hydrogen) atoms. The molecule has 1 amide bonds. The number of amides is 1. The molecule has 1 N–H and O–H groups in total. The van der Waals surface area contributed by atoms with Crippen molar-refractivity contribution in [3.63, 3.8) is 0 Å². The van der Waals surface area contributed by atoms with E-state index in [1.165, 1.54) is 30.5 Å². The van der Waals surface area contributed by atoms with Crippen molar-refractivity contribution in [1.29, 1.82) is 0 Å². The van der Waals surface area contributed by atoms with E-state index in [2.05, 4.69) is 5.10 Å². The van der Waals surface area contributed by atoms with Gasteiger partial charge in [-0.15, -0.1) is 0 Å². The predicted octanol–water partition coefficient (Wildman–Crippen LogP) is 3.54. The van der Waals surface area contributed by atoms with E-state index in [0.717, 1.165) is 22.3 Å². The van der Waals surface area contributed by atoms with Crippen LogP contribution >= 0.6 is 24.0 Å². The molecule has 3 rings (SSSR count). The third-order valence-corrected chi connectivity index (χ3v) is 5.00. The summed E-state index contributed by atoms with van der Waals surface area (Å²) >= 11 is 6.18. The standard InChI is InChI=1S/C18H13N3O5S2/c1-26-14-5-2-11(3-6-14)10-19-20-17(23)16(28-18(20)27)9-12-8-13(21(24)25)4-7-15(12)22/h2-10,22H,1H3. The van der Waals surface area contributed by atoms with Gasteiger partial charge in [0.05, 0.1) is 23.2 Å². The molecule has 142 valence electrons. The van der Waals surface area contributed by atoms with Crippen LogP contribution in [0.2, 0.25) is 0 Å². The normalized spacial score (nSPS) is 15.6. The highest BCUT2D eigenvalue weighted by molar-refractivity contribution is 8.26. The zero-order valence-electron chi connectivity index (χ0n) is 14.4. The predicted molar refractivity (Wildman–Crippen MR) is 110 cm³/mol. The first kappa shape index (κ1) is 19.5. The van der Waals surface area contributed by atoms with Crippen molar-refractivity contribution < 1.29 is 19.6 Å². The Morgan fingerprint density at radius 2 is 2.00 bits per heavy atom. The van der Waals surface area contributed by atoms with E-state index in [1.54, 1.807) is 31.4 Å². The van der Waals surface area contributed by atoms with Crippen molar-refractivity contribution in [2.45, 2.75) is 0 Å². The summed E-state index contributed by atoms with van der Waals surface area (Å²) in [7, 11) is 1.56. The van der Waals surface area contributed by atoms with Gasteiger partial charge in [0, 0.05) is 17.7 Å². The van der Waals surface area contributed by atoms with Crippen LogP contribution in [0, 0.1) is 10.1 Å². The highest BCUT2D eigenvalue weighted by Crippen LogP contribution is 2.35. The summed E-state index contributed by atoms with van der Waals surface area (Å²) in [6.07, 6.45) is 2.84. The van der Waals surface area contributed by atoms with Crippen LogP contribution in [0.25, 0.3) is 6.08 Å². The van der Waals surface area contributed by atoms with Gasteiger partial charge >= 0.3 is 0 Å². The molecule has 10 heteroatoms. The minimum Gasteiger partial charge on any atom is -0.507 e. The molecule has 2 aromatic rings. The number of hydrazone groups is 1. The fourth-order valence-corrected chi connectivity index (χ4v) is 3.45. The SMILES string of the molecule is COc1ccc(C=NN2C(=O)C(=Cc3cc([N+](=O)[O-])ccc3O)SC2=S)cc1. The van der Waals surface area contributed by atoms with Gasteiger partial charge in [0.15, 0.2) is 4.32 Å². The molecule has 0 saturated carbocycles. The van der Waals surface area contributed by atoms with Crippen molar-refractivity contribution in [3.05, 3.63) is 68.6 Å². The van der Waals surface area contributed by atoms with E-state index in [1.807, 2.05) is 0 Å². The van der Waals surface area contributed by atoms with E-state index in [0.29, 0.717) is 5.75 Å². The number of hydrogen-bond donors (Lipinski definition) is 1. The molecule has 1 aliphatic heterocycles. The summed E-state index contributed by atoms with van der Waals surface area (Å²) in [5.74, 6) is 0.0331. The smallest absolute Gasteiger partial charge is 0.286 e. The van der Waals surface area contributed by atoms with Crippen LogP contribution in [0.5, 0.6) is 11.5 Å². The summed E-state index contributed by atoms with van der Waals surface area (Å²) in [6, 6.07) is 10.6. The van der Waals surface area contributed by atoms with Gasteiger partial charge in [0.1, 0.15) is 11.5 Å². The Morgan fingerprint density at radius 3 is 2.64 bits per heavy atom. The molecule has 1 fully saturated rings. The van der Waals surface area contributed by atoms with E-state index < -0.39 is 10.8 Å². The average molecular weight is 415 g/mol. The van der Waals surface area contributed by atoms with Crippen LogP contribution in [0.3, 0.4) is 0 Å². The summed E-state index contributed by atoms with van der Waals surface area (Å²) < 4.78 is 5.30. The summed E-state index contributed by atoms with van der Waals surface area (Å²) in [4.78, 5) is 23.1. The Labute approximate surface area is 169 Å². The largest absolute Gasteiger partial charge is 0.507 e. The molecule has 0 unspecified atom stereocenters. The molecule has 1 saturated heterocycles. The quantitative estimate of drug-likeness (QED) is 0.262. The number of thiocarbonyl (C=S) groups is 1. The average Bonchev–Trinajstić information content (AvgIpc) is 2.95. The lowest BCUT2D eigenvalue weighted by Crippen LogP contribution is -2.22. The number of nitro groups is 1. The third kappa shape index (κ3) is 4.18. The highest BCUT2D eigenvalue weighted by atomic mass is 32.2. The van der Waals surface area contributed by atoms with E-state index in [9.17, 15) is 20.0 Å². The molecule has 1 aliphatic rings. The van der Waals surface area contributed by atoms with Crippen LogP contribution < -0.4 is 4.74 Å². The number of carbonyl (C=O) groups excluding carboxylic acids is 1. The van der Waals surface area contributed by atoms with Gasteiger partial charge in [-0.3, -0.25) is 14.9 Å². The van der Waals surface area contributed by atoms with Gasteiger partial charge in [0.2, 0.25) is 0 Å². The number of nitro benzene ring substituents is 1. The lowest BCUT2D eigenvalue weighted by Gasteiger charge is -2.06. The number of hydrogen-bond acceptors (Lipinski definition) is 8. The van der Waals surface area contributed by atoms with E-state index in [4.69, 9.17) is 17.0 Å². The van der Waals surface area contributed by atoms with Crippen LogP contribution in [0.1, 0.15) is 11.1 Å². The lowest BCUT2D eigenvalue weighted by molar-refractivity contribution is -0.384. The first-order chi connectivity index (χ1) is 13.4. The number of ether oxygens (including phenoxy) is 1. The first-order valence-corrected chi connectivity index (χ1v) is 9.05. The fraction of sp³-hybridized carbons (Fsp3) is 0.0556. The Hall–Kier alpha value is -3.24. The van der Waals surface area contributed by atoms with Crippen molar-refractivity contribution in [1.82, 2.24) is 5.01 Å². The molecule has 0 spiro atoms. The Balaban J connectivity index is 1.83. The Morgan fingerprint density at radius 1 is 1.29 bits per heavy atom. The number of thioether (sulfide) groups is 1. The molecule has 2 aromatic carbocycles. The number of benzene rings is 2. The monoisotopic (exact) mass is 415 g/mol. The summed E-state index contributed by atoms with van der Waals surface area (Å²) in [5, 5.41) is 26.0. The molecule has 0 radical (unpaired) electrons. The summed E-state index contributed by atoms with van der Waals surface area (Å²) in [6.45, 7) is 0. The minimum absolute atomic E-state index is 0.147. The molecule has 1 heterocycles. The third-order valence-electron chi connectivity index (χ3n) is 3.72. The van der Waals surface area contributed by atoms with Gasteiger partial charge in [-0.2, -0.15) is 10.1 Å².